The first-order valence-corrected chi connectivity index (χ1v) is 14.0. The molecule has 2 aromatic carbocycles. The predicted molar refractivity (Wildman–Crippen MR) is 127 cm³/mol. The van der Waals surface area contributed by atoms with Gasteiger partial charge in [0.1, 0.15) is 16.4 Å². The number of sulfone groups is 1. The SMILES string of the molecule is CCCCC(C=S(=O)=O)C1CCC(c2cc(F)ccc2F)(S(=O)(=O)c2ccc(Cl)cc2)CC1. The molecule has 33 heavy (non-hydrogen) atoms. The molecule has 1 aliphatic rings. The van der Waals surface area contributed by atoms with Gasteiger partial charge in [-0.25, -0.2) is 17.2 Å². The topological polar surface area (TPSA) is 68.3 Å². The minimum Gasteiger partial charge on any atom is -0.223 e. The second-order valence-corrected chi connectivity index (χ2v) is 12.1. The minimum atomic E-state index is -4.12. The van der Waals surface area contributed by atoms with Crippen LogP contribution in [0, 0.1) is 23.5 Å². The third kappa shape index (κ3) is 5.49. The van der Waals surface area contributed by atoms with Crippen LogP contribution in [0.3, 0.4) is 0 Å². The minimum absolute atomic E-state index is 0.0104. The fraction of sp³-hybridized carbons (Fsp3) is 0.458. The molecule has 0 aromatic heterocycles. The lowest BCUT2D eigenvalue weighted by Gasteiger charge is -2.41. The second-order valence-electron chi connectivity index (χ2n) is 8.62. The molecule has 0 N–H and O–H groups in total. The Morgan fingerprint density at radius 1 is 1.12 bits per heavy atom. The van der Waals surface area contributed by atoms with E-state index in [4.69, 9.17) is 11.6 Å². The molecular formula is C24H27ClF2O4S2. The second kappa shape index (κ2) is 10.7. The van der Waals surface area contributed by atoms with Gasteiger partial charge in [-0.3, -0.25) is 0 Å². The van der Waals surface area contributed by atoms with Crippen LogP contribution in [0.5, 0.6) is 0 Å². The Bertz CT molecular complexity index is 1210. The normalized spacial score (nSPS) is 22.0. The third-order valence-electron chi connectivity index (χ3n) is 6.68. The Morgan fingerprint density at radius 2 is 1.76 bits per heavy atom. The van der Waals surface area contributed by atoms with Gasteiger partial charge in [-0.1, -0.05) is 31.4 Å². The van der Waals surface area contributed by atoms with Crippen molar-refractivity contribution in [2.75, 3.05) is 0 Å². The molecule has 9 heteroatoms. The van der Waals surface area contributed by atoms with Crippen molar-refractivity contribution < 1.29 is 25.6 Å². The van der Waals surface area contributed by atoms with Gasteiger partial charge >= 0.3 is 0 Å². The van der Waals surface area contributed by atoms with Gasteiger partial charge in [0.05, 0.1) is 4.90 Å². The number of benzene rings is 2. The summed E-state index contributed by atoms with van der Waals surface area (Å²) in [6, 6.07) is 8.55. The van der Waals surface area contributed by atoms with Crippen molar-refractivity contribution in [3.8, 4) is 0 Å². The summed E-state index contributed by atoms with van der Waals surface area (Å²) in [5.74, 6) is -1.76. The van der Waals surface area contributed by atoms with Crippen LogP contribution in [0.15, 0.2) is 47.4 Å². The van der Waals surface area contributed by atoms with E-state index in [9.17, 15) is 25.6 Å². The van der Waals surface area contributed by atoms with Gasteiger partial charge in [0, 0.05) is 16.0 Å². The molecule has 0 saturated heterocycles. The van der Waals surface area contributed by atoms with Crippen LogP contribution in [-0.4, -0.2) is 22.2 Å². The van der Waals surface area contributed by atoms with Crippen LogP contribution in [0.1, 0.15) is 57.4 Å². The third-order valence-corrected chi connectivity index (χ3v) is 10.1. The lowest BCUT2D eigenvalue weighted by atomic mass is 9.72. The Kier molecular flexibility index (Phi) is 8.35. The fourth-order valence-electron chi connectivity index (χ4n) is 4.90. The fourth-order valence-corrected chi connectivity index (χ4v) is 7.84. The summed E-state index contributed by atoms with van der Waals surface area (Å²) >= 11 is 5.92. The molecule has 180 valence electrons. The standard InChI is InChI=1S/C24H27ClF2O4S2/c1-2-3-4-18(16-32(28)29)17-11-13-24(14-12-17,22-15-20(26)7-10-23(22)27)33(30,31)21-8-5-19(25)6-9-21/h5-10,15-18H,2-4,11-14H2,1H3. The maximum Gasteiger partial charge on any atom is 0.210 e. The zero-order valence-corrected chi connectivity index (χ0v) is 20.7. The number of rotatable bonds is 8. The molecule has 3 rings (SSSR count). The van der Waals surface area contributed by atoms with Crippen LogP contribution in [-0.2, 0) is 24.9 Å². The van der Waals surface area contributed by atoms with Crippen molar-refractivity contribution in [2.45, 2.75) is 61.5 Å². The van der Waals surface area contributed by atoms with Crippen LogP contribution in [0.25, 0.3) is 0 Å². The molecule has 0 amide bonds. The molecule has 0 bridgehead atoms. The van der Waals surface area contributed by atoms with E-state index in [0.29, 0.717) is 24.3 Å². The molecule has 0 spiro atoms. The molecule has 2 aromatic rings. The van der Waals surface area contributed by atoms with Crippen LogP contribution in [0.4, 0.5) is 8.78 Å². The van der Waals surface area contributed by atoms with E-state index in [-0.39, 0.29) is 35.1 Å². The lowest BCUT2D eigenvalue weighted by Crippen LogP contribution is -2.42. The molecule has 0 aliphatic heterocycles. The van der Waals surface area contributed by atoms with E-state index in [2.05, 4.69) is 0 Å². The number of halogens is 3. The highest BCUT2D eigenvalue weighted by molar-refractivity contribution is 7.92. The van der Waals surface area contributed by atoms with E-state index in [1.165, 1.54) is 29.6 Å². The lowest BCUT2D eigenvalue weighted by molar-refractivity contribution is 0.243. The first-order chi connectivity index (χ1) is 15.6. The highest BCUT2D eigenvalue weighted by atomic mass is 35.5. The first-order valence-electron chi connectivity index (χ1n) is 11.0. The van der Waals surface area contributed by atoms with E-state index in [1.54, 1.807) is 0 Å². The smallest absolute Gasteiger partial charge is 0.210 e. The maximum absolute atomic E-state index is 15.0. The Morgan fingerprint density at radius 3 is 2.33 bits per heavy atom. The highest BCUT2D eigenvalue weighted by Gasteiger charge is 2.50. The monoisotopic (exact) mass is 516 g/mol. The molecule has 1 unspecified atom stereocenters. The van der Waals surface area contributed by atoms with Crippen LogP contribution < -0.4 is 0 Å². The zero-order chi connectivity index (χ0) is 24.2. The van der Waals surface area contributed by atoms with Crippen molar-refractivity contribution in [1.29, 1.82) is 0 Å². The average molecular weight is 517 g/mol. The molecule has 1 atom stereocenters. The predicted octanol–water partition coefficient (Wildman–Crippen LogP) is 5.97. The molecular weight excluding hydrogens is 490 g/mol. The quantitative estimate of drug-likeness (QED) is 0.406. The Balaban J connectivity index is 2.06. The summed E-state index contributed by atoms with van der Waals surface area (Å²) in [6.07, 6.45) is 3.32. The number of hydrogen-bond acceptors (Lipinski definition) is 4. The summed E-state index contributed by atoms with van der Waals surface area (Å²) in [5, 5.41) is 1.66. The van der Waals surface area contributed by atoms with Gasteiger partial charge in [0.15, 0.2) is 9.84 Å². The highest BCUT2D eigenvalue weighted by Crippen LogP contribution is 2.50. The average Bonchev–Trinajstić information content (AvgIpc) is 2.78. The Hall–Kier alpha value is -1.77. The van der Waals surface area contributed by atoms with Gasteiger partial charge in [-0.15, -0.1) is 0 Å². The van der Waals surface area contributed by atoms with Gasteiger partial charge in [0.25, 0.3) is 0 Å². The molecule has 4 nitrogen and oxygen atoms in total. The van der Waals surface area contributed by atoms with E-state index in [1.807, 2.05) is 6.92 Å². The van der Waals surface area contributed by atoms with Gasteiger partial charge < -0.3 is 0 Å². The first kappa shape index (κ1) is 25.8. The van der Waals surface area contributed by atoms with Crippen molar-refractivity contribution in [1.82, 2.24) is 0 Å². The molecule has 1 aliphatic carbocycles. The van der Waals surface area contributed by atoms with E-state index in [0.717, 1.165) is 31.0 Å². The molecule has 1 fully saturated rings. The van der Waals surface area contributed by atoms with Gasteiger partial charge in [-0.2, -0.15) is 8.42 Å². The largest absolute Gasteiger partial charge is 0.223 e. The summed E-state index contributed by atoms with van der Waals surface area (Å²) in [4.78, 5) is -0.0104. The molecule has 0 radical (unpaired) electrons. The van der Waals surface area contributed by atoms with E-state index >= 15 is 0 Å². The Labute approximate surface area is 200 Å². The number of hydrogen-bond donors (Lipinski definition) is 0. The van der Waals surface area contributed by atoms with Gasteiger partial charge in [-0.05, 0) is 86.4 Å². The van der Waals surface area contributed by atoms with Crippen molar-refractivity contribution in [3.63, 3.8) is 0 Å². The molecule has 1 saturated carbocycles. The van der Waals surface area contributed by atoms with Crippen molar-refractivity contribution >= 4 is 37.1 Å². The summed E-state index contributed by atoms with van der Waals surface area (Å²) in [6.45, 7) is 2.02. The van der Waals surface area contributed by atoms with Crippen LogP contribution in [0.2, 0.25) is 5.02 Å². The maximum atomic E-state index is 15.0. The molecule has 0 heterocycles. The van der Waals surface area contributed by atoms with Crippen molar-refractivity contribution in [3.05, 3.63) is 64.7 Å². The van der Waals surface area contributed by atoms with Crippen LogP contribution >= 0.6 is 11.6 Å². The summed E-state index contributed by atoms with van der Waals surface area (Å²) in [7, 11) is -6.45. The zero-order valence-electron chi connectivity index (χ0n) is 18.3. The van der Waals surface area contributed by atoms with Crippen molar-refractivity contribution in [2.24, 2.45) is 11.8 Å². The van der Waals surface area contributed by atoms with Gasteiger partial charge in [0.2, 0.25) is 10.3 Å². The summed E-state index contributed by atoms with van der Waals surface area (Å²) < 4.78 is 77.9. The number of unbranched alkanes of at least 4 members (excludes halogenated alkanes) is 1. The summed E-state index contributed by atoms with van der Waals surface area (Å²) in [5.41, 5.74) is -0.183. The van der Waals surface area contributed by atoms with E-state index < -0.39 is 36.5 Å².